The van der Waals surface area contributed by atoms with Gasteiger partial charge >= 0.3 is 5.97 Å². The maximum atomic E-state index is 10.4. The average Bonchev–Trinajstić information content (AvgIpc) is 2.05. The maximum absolute atomic E-state index is 10.4. The maximum Gasteiger partial charge on any atom is 0.354 e. The Morgan fingerprint density at radius 2 is 2.42 bits per heavy atom. The van der Waals surface area contributed by atoms with Crippen molar-refractivity contribution in [3.8, 4) is 0 Å². The topological polar surface area (TPSA) is 88.2 Å². The second-order valence-electron chi connectivity index (χ2n) is 1.93. The molecule has 5 nitrogen and oxygen atoms in total. The standard InChI is InChI=1S/C6H7N3O2S/c7-12-9-5-3-1-2-4(8-5)6(10)11/h1-3H,7H2,(H,8,9)(H,10,11). The van der Waals surface area contributed by atoms with Crippen LogP contribution in [0.1, 0.15) is 10.5 Å². The first-order chi connectivity index (χ1) is 5.74. The third-order valence-electron chi connectivity index (χ3n) is 1.13. The molecule has 4 N–H and O–H groups in total. The van der Waals surface area contributed by atoms with Crippen molar-refractivity contribution in [1.29, 1.82) is 0 Å². The number of carbonyl (C=O) groups is 1. The molecule has 0 aliphatic rings. The summed E-state index contributed by atoms with van der Waals surface area (Å²) in [5, 5.41) is 13.7. The fourth-order valence-corrected chi connectivity index (χ4v) is 0.905. The van der Waals surface area contributed by atoms with Crippen molar-refractivity contribution in [2.24, 2.45) is 5.14 Å². The van der Waals surface area contributed by atoms with Crippen molar-refractivity contribution in [3.05, 3.63) is 23.9 Å². The van der Waals surface area contributed by atoms with Crippen LogP contribution in [0.5, 0.6) is 0 Å². The Labute approximate surface area is 73.3 Å². The Hall–Kier alpha value is -1.27. The predicted molar refractivity (Wildman–Crippen MR) is 46.6 cm³/mol. The highest BCUT2D eigenvalue weighted by atomic mass is 32.2. The second-order valence-corrected chi connectivity index (χ2v) is 2.37. The molecular weight excluding hydrogens is 178 g/mol. The van der Waals surface area contributed by atoms with E-state index in [0.29, 0.717) is 5.82 Å². The molecule has 0 radical (unpaired) electrons. The molecule has 6 heteroatoms. The van der Waals surface area contributed by atoms with Gasteiger partial charge in [-0.05, 0) is 12.1 Å². The molecule has 0 fully saturated rings. The number of rotatable bonds is 3. The van der Waals surface area contributed by atoms with Crippen LogP contribution in [0.25, 0.3) is 0 Å². The quantitative estimate of drug-likeness (QED) is 0.601. The van der Waals surface area contributed by atoms with Crippen LogP contribution in [-0.4, -0.2) is 16.1 Å². The summed E-state index contributed by atoms with van der Waals surface area (Å²) in [6.45, 7) is 0. The van der Waals surface area contributed by atoms with Gasteiger partial charge in [0.05, 0.1) is 0 Å². The Bertz CT molecular complexity index is 292. The number of carboxylic acid groups (broad SMARTS) is 1. The molecule has 0 aromatic carbocycles. The van der Waals surface area contributed by atoms with Crippen LogP contribution in [0.2, 0.25) is 0 Å². The number of nitrogens with zero attached hydrogens (tertiary/aromatic N) is 1. The minimum absolute atomic E-state index is 0.00551. The van der Waals surface area contributed by atoms with Crippen LogP contribution < -0.4 is 9.86 Å². The zero-order chi connectivity index (χ0) is 8.97. The van der Waals surface area contributed by atoms with Gasteiger partial charge in [-0.2, -0.15) is 0 Å². The summed E-state index contributed by atoms with van der Waals surface area (Å²) in [6, 6.07) is 4.63. The molecule has 1 heterocycles. The molecule has 1 aromatic rings. The molecule has 0 spiro atoms. The lowest BCUT2D eigenvalue weighted by Gasteiger charge is -2.00. The first kappa shape index (κ1) is 8.82. The van der Waals surface area contributed by atoms with Gasteiger partial charge in [-0.3, -0.25) is 5.14 Å². The van der Waals surface area contributed by atoms with Crippen LogP contribution in [0.4, 0.5) is 5.82 Å². The first-order valence-electron chi connectivity index (χ1n) is 3.06. The number of hydrogen-bond acceptors (Lipinski definition) is 5. The molecule has 64 valence electrons. The van der Waals surface area contributed by atoms with Crippen molar-refractivity contribution in [1.82, 2.24) is 4.98 Å². The Kier molecular flexibility index (Phi) is 2.89. The fraction of sp³-hybridized carbons (Fsp3) is 0. The van der Waals surface area contributed by atoms with E-state index >= 15 is 0 Å². The SMILES string of the molecule is NSNc1cccc(C(=O)O)n1. The molecule has 1 aromatic heterocycles. The van der Waals surface area contributed by atoms with Crippen LogP contribution in [0.3, 0.4) is 0 Å². The molecule has 0 bridgehead atoms. The average molecular weight is 185 g/mol. The molecule has 0 amide bonds. The lowest BCUT2D eigenvalue weighted by Crippen LogP contribution is -2.02. The van der Waals surface area contributed by atoms with Gasteiger partial charge in [0, 0.05) is 12.1 Å². The largest absolute Gasteiger partial charge is 0.477 e. The van der Waals surface area contributed by atoms with E-state index in [1.54, 1.807) is 12.1 Å². The molecule has 0 aliphatic carbocycles. The van der Waals surface area contributed by atoms with Gasteiger partial charge in [0.25, 0.3) is 0 Å². The van der Waals surface area contributed by atoms with Gasteiger partial charge in [0.2, 0.25) is 0 Å². The second kappa shape index (κ2) is 3.93. The third kappa shape index (κ3) is 2.11. The fourth-order valence-electron chi connectivity index (χ4n) is 0.671. The normalized spacial score (nSPS) is 9.42. The molecule has 12 heavy (non-hydrogen) atoms. The van der Waals surface area contributed by atoms with Crippen molar-refractivity contribution in [2.75, 3.05) is 4.72 Å². The molecule has 0 unspecified atom stereocenters. The van der Waals surface area contributed by atoms with E-state index in [4.69, 9.17) is 10.2 Å². The van der Waals surface area contributed by atoms with E-state index < -0.39 is 5.97 Å². The summed E-state index contributed by atoms with van der Waals surface area (Å²) in [5.74, 6) is -0.622. The highest BCUT2D eigenvalue weighted by Gasteiger charge is 2.03. The van der Waals surface area contributed by atoms with Crippen LogP contribution in [-0.2, 0) is 0 Å². The van der Waals surface area contributed by atoms with Gasteiger partial charge in [-0.15, -0.1) is 0 Å². The summed E-state index contributed by atoms with van der Waals surface area (Å²) in [4.78, 5) is 14.2. The summed E-state index contributed by atoms with van der Waals surface area (Å²) >= 11 is 0.870. The molecular formula is C6H7N3O2S. The van der Waals surface area contributed by atoms with Crippen LogP contribution in [0.15, 0.2) is 18.2 Å². The number of nitrogens with two attached hydrogens (primary N) is 1. The van der Waals surface area contributed by atoms with Gasteiger partial charge in [0.1, 0.15) is 5.82 Å². The highest BCUT2D eigenvalue weighted by molar-refractivity contribution is 7.98. The van der Waals surface area contributed by atoms with E-state index in [-0.39, 0.29) is 5.69 Å². The number of hydrogen-bond donors (Lipinski definition) is 3. The van der Waals surface area contributed by atoms with E-state index in [9.17, 15) is 4.79 Å². The van der Waals surface area contributed by atoms with Crippen LogP contribution in [0, 0.1) is 0 Å². The summed E-state index contributed by atoms with van der Waals surface area (Å²) < 4.78 is 2.62. The Morgan fingerprint density at radius 3 is 3.00 bits per heavy atom. The summed E-state index contributed by atoms with van der Waals surface area (Å²) in [6.07, 6.45) is 0. The molecule has 0 atom stereocenters. The zero-order valence-corrected chi connectivity index (χ0v) is 6.84. The number of carboxylic acids is 1. The smallest absolute Gasteiger partial charge is 0.354 e. The Balaban J connectivity index is 2.88. The third-order valence-corrected chi connectivity index (χ3v) is 1.46. The lowest BCUT2D eigenvalue weighted by molar-refractivity contribution is 0.0690. The summed E-state index contributed by atoms with van der Waals surface area (Å²) in [7, 11) is 0. The van der Waals surface area contributed by atoms with Gasteiger partial charge in [0.15, 0.2) is 5.69 Å². The first-order valence-corrected chi connectivity index (χ1v) is 3.94. The minimum Gasteiger partial charge on any atom is -0.477 e. The monoisotopic (exact) mass is 185 g/mol. The predicted octanol–water partition coefficient (Wildman–Crippen LogP) is 0.714. The molecule has 0 saturated carbocycles. The number of pyridine rings is 1. The van der Waals surface area contributed by atoms with Gasteiger partial charge < -0.3 is 9.83 Å². The van der Waals surface area contributed by atoms with Crippen molar-refractivity contribution < 1.29 is 9.90 Å². The van der Waals surface area contributed by atoms with Gasteiger partial charge in [-0.1, -0.05) is 6.07 Å². The highest BCUT2D eigenvalue weighted by Crippen LogP contribution is 2.06. The molecule has 1 rings (SSSR count). The van der Waals surface area contributed by atoms with E-state index in [1.165, 1.54) is 6.07 Å². The molecule has 0 saturated heterocycles. The Morgan fingerprint density at radius 1 is 1.67 bits per heavy atom. The van der Waals surface area contributed by atoms with Crippen molar-refractivity contribution in [2.45, 2.75) is 0 Å². The van der Waals surface area contributed by atoms with Crippen molar-refractivity contribution in [3.63, 3.8) is 0 Å². The van der Waals surface area contributed by atoms with Crippen molar-refractivity contribution >= 4 is 23.9 Å². The minimum atomic E-state index is -1.05. The summed E-state index contributed by atoms with van der Waals surface area (Å²) in [5.41, 5.74) is -0.00551. The van der Waals surface area contributed by atoms with E-state index in [2.05, 4.69) is 9.71 Å². The van der Waals surface area contributed by atoms with Crippen LogP contribution >= 0.6 is 12.1 Å². The number of nitrogens with one attached hydrogen (secondary N) is 1. The number of aromatic nitrogens is 1. The van der Waals surface area contributed by atoms with Gasteiger partial charge in [-0.25, -0.2) is 9.78 Å². The number of aromatic carboxylic acids is 1. The van der Waals surface area contributed by atoms with E-state index in [0.717, 1.165) is 12.1 Å². The zero-order valence-electron chi connectivity index (χ0n) is 6.02. The van der Waals surface area contributed by atoms with E-state index in [1.807, 2.05) is 0 Å². The number of anilines is 1. The molecule has 0 aliphatic heterocycles. The lowest BCUT2D eigenvalue weighted by atomic mass is 10.3.